The van der Waals surface area contributed by atoms with Gasteiger partial charge < -0.3 is 0 Å². The van der Waals surface area contributed by atoms with E-state index >= 15 is 0 Å². The van der Waals surface area contributed by atoms with Gasteiger partial charge in [-0.25, -0.2) is 0 Å². The van der Waals surface area contributed by atoms with E-state index in [1.165, 1.54) is 32.1 Å². The van der Waals surface area contributed by atoms with Crippen molar-refractivity contribution in [3.8, 4) is 0 Å². The van der Waals surface area contributed by atoms with E-state index in [0.717, 1.165) is 34.7 Å². The molecule has 1 nitrogen and oxygen atoms in total. The summed E-state index contributed by atoms with van der Waals surface area (Å²) in [6, 6.07) is 8.17. The van der Waals surface area contributed by atoms with E-state index in [1.807, 2.05) is 12.1 Å². The zero-order valence-corrected chi connectivity index (χ0v) is 13.6. The fourth-order valence-corrected chi connectivity index (χ4v) is 4.60. The van der Waals surface area contributed by atoms with E-state index < -0.39 is 0 Å². The molecule has 3 rings (SSSR count). The third-order valence-corrected chi connectivity index (χ3v) is 5.76. The van der Waals surface area contributed by atoms with Gasteiger partial charge in [0.2, 0.25) is 0 Å². The zero-order chi connectivity index (χ0) is 13.9. The molecule has 0 aromatic heterocycles. The minimum Gasteiger partial charge on any atom is -0.299 e. The molecule has 2 fully saturated rings. The number of fused-ring (bicyclic) bond motifs is 1. The maximum Gasteiger partial charge on any atom is 0.140 e. The van der Waals surface area contributed by atoms with Gasteiger partial charge in [0.05, 0.1) is 0 Å². The summed E-state index contributed by atoms with van der Waals surface area (Å²) in [6.07, 6.45) is 9.78. The van der Waals surface area contributed by atoms with Crippen molar-refractivity contribution >= 4 is 21.7 Å². The fourth-order valence-electron chi connectivity index (χ4n) is 4.16. The van der Waals surface area contributed by atoms with E-state index in [4.69, 9.17) is 0 Å². The fraction of sp³-hybridized carbons (Fsp3) is 0.611. The highest BCUT2D eigenvalue weighted by Gasteiger charge is 2.34. The van der Waals surface area contributed by atoms with Gasteiger partial charge >= 0.3 is 0 Å². The van der Waals surface area contributed by atoms with Gasteiger partial charge in [-0.05, 0) is 48.8 Å². The lowest BCUT2D eigenvalue weighted by molar-refractivity contribution is -0.124. The van der Waals surface area contributed by atoms with Crippen molar-refractivity contribution in [1.29, 1.82) is 0 Å². The Labute approximate surface area is 130 Å². The van der Waals surface area contributed by atoms with Gasteiger partial charge in [0, 0.05) is 16.8 Å². The molecule has 0 amide bonds. The first-order valence-electron chi connectivity index (χ1n) is 7.99. The summed E-state index contributed by atoms with van der Waals surface area (Å²) in [5.74, 6) is 2.56. The summed E-state index contributed by atoms with van der Waals surface area (Å²) in [5.41, 5.74) is 1.15. The van der Waals surface area contributed by atoms with Crippen LogP contribution in [0.15, 0.2) is 28.7 Å². The van der Waals surface area contributed by atoms with Crippen LogP contribution in [0, 0.1) is 17.8 Å². The van der Waals surface area contributed by atoms with E-state index in [9.17, 15) is 4.79 Å². The lowest BCUT2D eigenvalue weighted by Crippen LogP contribution is -2.31. The standard InChI is InChI=1S/C18H23BrO/c19-17-7-3-4-13(10-17)11-18(20)16-9-8-14-5-1-2-6-15(14)12-16/h3-4,7,10,14-16H,1-2,5-6,8-9,11-12H2. The molecule has 0 spiro atoms. The molecule has 2 saturated carbocycles. The average molecular weight is 335 g/mol. The summed E-state index contributed by atoms with van der Waals surface area (Å²) in [7, 11) is 0. The number of benzene rings is 1. The van der Waals surface area contributed by atoms with Crippen molar-refractivity contribution < 1.29 is 4.79 Å². The van der Waals surface area contributed by atoms with Crippen LogP contribution in [0.2, 0.25) is 0 Å². The Morgan fingerprint density at radius 2 is 1.90 bits per heavy atom. The Hall–Kier alpha value is -0.630. The normalized spacial score (nSPS) is 29.8. The molecule has 0 heterocycles. The molecule has 0 N–H and O–H groups in total. The molecule has 2 aliphatic rings. The molecular weight excluding hydrogens is 312 g/mol. The second kappa shape index (κ2) is 6.43. The van der Waals surface area contributed by atoms with Gasteiger partial charge in [-0.1, -0.05) is 53.7 Å². The second-order valence-corrected chi connectivity index (χ2v) is 7.50. The molecule has 0 aliphatic heterocycles. The topological polar surface area (TPSA) is 17.1 Å². The molecule has 2 aliphatic carbocycles. The number of rotatable bonds is 3. The number of halogens is 1. The molecule has 1 aromatic carbocycles. The van der Waals surface area contributed by atoms with Crippen molar-refractivity contribution in [2.45, 2.75) is 51.4 Å². The number of carbonyl (C=O) groups is 1. The van der Waals surface area contributed by atoms with Crippen LogP contribution < -0.4 is 0 Å². The van der Waals surface area contributed by atoms with Crippen LogP contribution in [0.4, 0.5) is 0 Å². The minimum atomic E-state index is 0.327. The van der Waals surface area contributed by atoms with Gasteiger partial charge in [0.15, 0.2) is 0 Å². The largest absolute Gasteiger partial charge is 0.299 e. The zero-order valence-electron chi connectivity index (χ0n) is 12.0. The number of hydrogen-bond donors (Lipinski definition) is 0. The number of carbonyl (C=O) groups excluding carboxylic acids is 1. The van der Waals surface area contributed by atoms with E-state index in [-0.39, 0.29) is 0 Å². The highest BCUT2D eigenvalue weighted by Crippen LogP contribution is 2.43. The molecule has 1 aromatic rings. The van der Waals surface area contributed by atoms with Crippen molar-refractivity contribution in [3.05, 3.63) is 34.3 Å². The van der Waals surface area contributed by atoms with Gasteiger partial charge in [-0.15, -0.1) is 0 Å². The van der Waals surface area contributed by atoms with Crippen molar-refractivity contribution in [2.24, 2.45) is 17.8 Å². The van der Waals surface area contributed by atoms with Crippen molar-refractivity contribution in [2.75, 3.05) is 0 Å². The second-order valence-electron chi connectivity index (χ2n) is 6.59. The predicted molar refractivity (Wildman–Crippen MR) is 85.6 cm³/mol. The number of ketones is 1. The van der Waals surface area contributed by atoms with Crippen LogP contribution in [0.25, 0.3) is 0 Å². The van der Waals surface area contributed by atoms with E-state index in [0.29, 0.717) is 18.1 Å². The van der Waals surface area contributed by atoms with Crippen molar-refractivity contribution in [3.63, 3.8) is 0 Å². The minimum absolute atomic E-state index is 0.327. The van der Waals surface area contributed by atoms with Crippen LogP contribution in [-0.2, 0) is 11.2 Å². The SMILES string of the molecule is O=C(Cc1cccc(Br)c1)C1CCC2CCCCC2C1. The third kappa shape index (κ3) is 3.33. The van der Waals surface area contributed by atoms with Crippen LogP contribution >= 0.6 is 15.9 Å². The van der Waals surface area contributed by atoms with Crippen molar-refractivity contribution in [1.82, 2.24) is 0 Å². The Morgan fingerprint density at radius 3 is 2.70 bits per heavy atom. The molecule has 2 heteroatoms. The molecule has 0 saturated heterocycles. The number of hydrogen-bond acceptors (Lipinski definition) is 1. The van der Waals surface area contributed by atoms with Crippen LogP contribution in [0.3, 0.4) is 0 Å². The first-order valence-corrected chi connectivity index (χ1v) is 8.79. The Morgan fingerprint density at radius 1 is 1.10 bits per heavy atom. The molecule has 108 valence electrons. The summed E-state index contributed by atoms with van der Waals surface area (Å²) in [4.78, 5) is 12.5. The molecular formula is C18H23BrO. The monoisotopic (exact) mass is 334 g/mol. The Kier molecular flexibility index (Phi) is 4.60. The van der Waals surface area contributed by atoms with E-state index in [1.54, 1.807) is 0 Å². The lowest BCUT2D eigenvalue weighted by Gasteiger charge is -2.38. The smallest absolute Gasteiger partial charge is 0.140 e. The Bertz CT molecular complexity index is 482. The molecule has 0 radical (unpaired) electrons. The summed E-state index contributed by atoms with van der Waals surface area (Å²) < 4.78 is 1.07. The summed E-state index contributed by atoms with van der Waals surface area (Å²) >= 11 is 3.48. The first-order chi connectivity index (χ1) is 9.72. The molecule has 0 bridgehead atoms. The predicted octanol–water partition coefficient (Wildman–Crippen LogP) is 5.17. The lowest BCUT2D eigenvalue weighted by atomic mass is 9.66. The highest BCUT2D eigenvalue weighted by molar-refractivity contribution is 9.10. The van der Waals surface area contributed by atoms with Gasteiger partial charge in [-0.3, -0.25) is 4.79 Å². The van der Waals surface area contributed by atoms with Gasteiger partial charge in [0.1, 0.15) is 5.78 Å². The van der Waals surface area contributed by atoms with Crippen LogP contribution in [0.5, 0.6) is 0 Å². The van der Waals surface area contributed by atoms with Gasteiger partial charge in [0.25, 0.3) is 0 Å². The summed E-state index contributed by atoms with van der Waals surface area (Å²) in [5, 5.41) is 0. The number of Topliss-reactive ketones (excluding diaryl/α,β-unsaturated/α-hetero) is 1. The van der Waals surface area contributed by atoms with Crippen LogP contribution in [0.1, 0.15) is 50.5 Å². The first kappa shape index (κ1) is 14.3. The van der Waals surface area contributed by atoms with Gasteiger partial charge in [-0.2, -0.15) is 0 Å². The highest BCUT2D eigenvalue weighted by atomic mass is 79.9. The Balaban J connectivity index is 1.60. The maximum atomic E-state index is 12.5. The molecule has 20 heavy (non-hydrogen) atoms. The summed E-state index contributed by atoms with van der Waals surface area (Å²) in [6.45, 7) is 0. The third-order valence-electron chi connectivity index (χ3n) is 5.26. The van der Waals surface area contributed by atoms with E-state index in [2.05, 4.69) is 28.1 Å². The average Bonchev–Trinajstić information content (AvgIpc) is 2.47. The quantitative estimate of drug-likeness (QED) is 0.745. The maximum absolute atomic E-state index is 12.5. The van der Waals surface area contributed by atoms with Crippen LogP contribution in [-0.4, -0.2) is 5.78 Å². The molecule has 3 unspecified atom stereocenters. The molecule has 3 atom stereocenters.